The molecule has 7 heteroatoms. The fourth-order valence-corrected chi connectivity index (χ4v) is 3.06. The van der Waals surface area contributed by atoms with Crippen molar-refractivity contribution in [3.05, 3.63) is 16.1 Å². The summed E-state index contributed by atoms with van der Waals surface area (Å²) in [4.78, 5) is 29.2. The van der Waals surface area contributed by atoms with Gasteiger partial charge < -0.3 is 14.7 Å². The van der Waals surface area contributed by atoms with Crippen molar-refractivity contribution >= 4 is 23.2 Å². The molecule has 1 aromatic heterocycles. The number of carboxylic acids is 1. The molecule has 20 heavy (non-hydrogen) atoms. The topological polar surface area (TPSA) is 79.7 Å². The third kappa shape index (κ3) is 3.34. The van der Waals surface area contributed by atoms with Crippen molar-refractivity contribution in [2.75, 3.05) is 20.2 Å². The van der Waals surface area contributed by atoms with Gasteiger partial charge >= 0.3 is 5.97 Å². The molecule has 2 rings (SSSR count). The smallest absolute Gasteiger partial charge is 0.308 e. The molecule has 1 amide bonds. The molecule has 1 saturated heterocycles. The Hall–Kier alpha value is -1.47. The Balaban J connectivity index is 1.99. The number of amides is 1. The zero-order chi connectivity index (χ0) is 14.7. The molecule has 1 fully saturated rings. The van der Waals surface area contributed by atoms with Gasteiger partial charge in [0.25, 0.3) is 5.91 Å². The van der Waals surface area contributed by atoms with Crippen LogP contribution in [0.4, 0.5) is 0 Å². The Morgan fingerprint density at radius 2 is 2.40 bits per heavy atom. The zero-order valence-corrected chi connectivity index (χ0v) is 12.4. The number of carbonyl (C=O) groups is 2. The van der Waals surface area contributed by atoms with Crippen LogP contribution < -0.4 is 0 Å². The van der Waals surface area contributed by atoms with Crippen molar-refractivity contribution in [2.45, 2.75) is 25.9 Å². The third-order valence-corrected chi connectivity index (χ3v) is 4.33. The van der Waals surface area contributed by atoms with Crippen LogP contribution in [-0.2, 0) is 9.53 Å². The van der Waals surface area contributed by atoms with Crippen LogP contribution in [0.15, 0.2) is 6.20 Å². The number of thiazole rings is 1. The molecule has 1 aromatic rings. The van der Waals surface area contributed by atoms with Gasteiger partial charge in [-0.25, -0.2) is 4.98 Å². The summed E-state index contributed by atoms with van der Waals surface area (Å²) < 4.78 is 5.53. The third-order valence-electron chi connectivity index (χ3n) is 3.26. The average Bonchev–Trinajstić information content (AvgIpc) is 3.07. The lowest BCUT2D eigenvalue weighted by Crippen LogP contribution is -2.33. The van der Waals surface area contributed by atoms with Crippen molar-refractivity contribution in [1.82, 2.24) is 9.88 Å². The fourth-order valence-electron chi connectivity index (χ4n) is 2.07. The predicted molar refractivity (Wildman–Crippen MR) is 73.8 cm³/mol. The molecule has 1 aliphatic heterocycles. The maximum Gasteiger partial charge on any atom is 0.308 e. The van der Waals surface area contributed by atoms with E-state index in [4.69, 9.17) is 9.84 Å². The van der Waals surface area contributed by atoms with Gasteiger partial charge in [0, 0.05) is 20.2 Å². The van der Waals surface area contributed by atoms with Gasteiger partial charge in [-0.05, 0) is 12.8 Å². The monoisotopic (exact) mass is 298 g/mol. The van der Waals surface area contributed by atoms with Crippen molar-refractivity contribution in [1.29, 1.82) is 0 Å². The minimum atomic E-state index is -0.908. The Morgan fingerprint density at radius 1 is 1.65 bits per heavy atom. The zero-order valence-electron chi connectivity index (χ0n) is 11.5. The highest BCUT2D eigenvalue weighted by molar-refractivity contribution is 7.13. The first kappa shape index (κ1) is 14.9. The highest BCUT2D eigenvalue weighted by Crippen LogP contribution is 2.31. The summed E-state index contributed by atoms with van der Waals surface area (Å²) in [5, 5.41) is 9.69. The number of aliphatic carboxylic acids is 1. The van der Waals surface area contributed by atoms with E-state index in [0.29, 0.717) is 4.88 Å². The van der Waals surface area contributed by atoms with E-state index in [0.717, 1.165) is 24.5 Å². The number of rotatable bonds is 5. The molecule has 0 spiro atoms. The van der Waals surface area contributed by atoms with Crippen LogP contribution in [0.1, 0.15) is 40.5 Å². The lowest BCUT2D eigenvalue weighted by atomic mass is 10.2. The van der Waals surface area contributed by atoms with Gasteiger partial charge in [0.05, 0.1) is 12.1 Å². The molecule has 2 unspecified atom stereocenters. The molecule has 1 N–H and O–H groups in total. The minimum absolute atomic E-state index is 0.00444. The molecule has 0 aliphatic carbocycles. The number of ether oxygens (including phenoxy) is 1. The minimum Gasteiger partial charge on any atom is -0.481 e. The predicted octanol–water partition coefficient (Wildman–Crippen LogP) is 1.79. The lowest BCUT2D eigenvalue weighted by Gasteiger charge is -2.18. The van der Waals surface area contributed by atoms with Gasteiger partial charge in [0.2, 0.25) is 0 Å². The Morgan fingerprint density at radius 3 is 3.00 bits per heavy atom. The Bertz CT molecular complexity index is 496. The summed E-state index contributed by atoms with van der Waals surface area (Å²) in [7, 11) is 1.60. The second-order valence-corrected chi connectivity index (χ2v) is 6.05. The van der Waals surface area contributed by atoms with Crippen LogP contribution >= 0.6 is 11.3 Å². The summed E-state index contributed by atoms with van der Waals surface area (Å²) in [6.45, 7) is 2.50. The number of nitrogens with zero attached hydrogens (tertiary/aromatic N) is 2. The molecular formula is C13H18N2O4S. The Labute approximate surface area is 121 Å². The van der Waals surface area contributed by atoms with E-state index in [9.17, 15) is 9.59 Å². The van der Waals surface area contributed by atoms with Gasteiger partial charge in [-0.1, -0.05) is 6.92 Å². The van der Waals surface area contributed by atoms with Crippen molar-refractivity contribution < 1.29 is 19.4 Å². The summed E-state index contributed by atoms with van der Waals surface area (Å²) >= 11 is 1.33. The lowest BCUT2D eigenvalue weighted by molar-refractivity contribution is -0.141. The molecule has 0 saturated carbocycles. The second kappa shape index (κ2) is 6.32. The van der Waals surface area contributed by atoms with E-state index >= 15 is 0 Å². The molecule has 0 bridgehead atoms. The van der Waals surface area contributed by atoms with E-state index in [1.807, 2.05) is 0 Å². The Kier molecular flexibility index (Phi) is 4.72. The van der Waals surface area contributed by atoms with Crippen LogP contribution in [0.3, 0.4) is 0 Å². The molecule has 0 radical (unpaired) electrons. The van der Waals surface area contributed by atoms with Crippen LogP contribution in [0.25, 0.3) is 0 Å². The van der Waals surface area contributed by atoms with Crippen LogP contribution in [0.5, 0.6) is 0 Å². The number of aromatic nitrogens is 1. The molecule has 2 atom stereocenters. The summed E-state index contributed by atoms with van der Waals surface area (Å²) in [5.74, 6) is -1.69. The van der Waals surface area contributed by atoms with Gasteiger partial charge in [-0.3, -0.25) is 9.59 Å². The first-order valence-electron chi connectivity index (χ1n) is 6.54. The molecular weight excluding hydrogens is 280 g/mol. The van der Waals surface area contributed by atoms with Crippen LogP contribution in [0.2, 0.25) is 0 Å². The SMILES string of the molecule is CC(CN(C)C(=O)c1cnc(C2CCCO2)s1)C(=O)O. The van der Waals surface area contributed by atoms with E-state index in [-0.39, 0.29) is 18.6 Å². The van der Waals surface area contributed by atoms with Gasteiger partial charge in [0.15, 0.2) is 0 Å². The molecule has 0 aromatic carbocycles. The fraction of sp³-hybridized carbons (Fsp3) is 0.615. The van der Waals surface area contributed by atoms with Gasteiger partial charge in [-0.2, -0.15) is 0 Å². The van der Waals surface area contributed by atoms with Gasteiger partial charge in [0.1, 0.15) is 16.0 Å². The molecule has 110 valence electrons. The molecule has 1 aliphatic rings. The van der Waals surface area contributed by atoms with E-state index < -0.39 is 11.9 Å². The van der Waals surface area contributed by atoms with E-state index in [1.54, 1.807) is 20.2 Å². The molecule has 6 nitrogen and oxygen atoms in total. The first-order chi connectivity index (χ1) is 9.49. The quantitative estimate of drug-likeness (QED) is 0.896. The maximum absolute atomic E-state index is 12.2. The van der Waals surface area contributed by atoms with Crippen LogP contribution in [-0.4, -0.2) is 47.1 Å². The van der Waals surface area contributed by atoms with Gasteiger partial charge in [-0.15, -0.1) is 11.3 Å². The van der Waals surface area contributed by atoms with Crippen LogP contribution in [0, 0.1) is 5.92 Å². The normalized spacial score (nSPS) is 19.8. The number of carboxylic acid groups (broad SMARTS) is 1. The second-order valence-electron chi connectivity index (χ2n) is 4.99. The van der Waals surface area contributed by atoms with Crippen molar-refractivity contribution in [2.24, 2.45) is 5.92 Å². The van der Waals surface area contributed by atoms with E-state index in [1.165, 1.54) is 16.2 Å². The summed E-state index contributed by atoms with van der Waals surface area (Å²) in [5.41, 5.74) is 0. The maximum atomic E-state index is 12.2. The first-order valence-corrected chi connectivity index (χ1v) is 7.36. The average molecular weight is 298 g/mol. The number of hydrogen-bond acceptors (Lipinski definition) is 5. The summed E-state index contributed by atoms with van der Waals surface area (Å²) in [6, 6.07) is 0. The van der Waals surface area contributed by atoms with Crippen molar-refractivity contribution in [3.63, 3.8) is 0 Å². The highest BCUT2D eigenvalue weighted by Gasteiger charge is 2.24. The summed E-state index contributed by atoms with van der Waals surface area (Å²) in [6.07, 6.45) is 3.51. The van der Waals surface area contributed by atoms with Crippen molar-refractivity contribution in [3.8, 4) is 0 Å². The number of carbonyl (C=O) groups excluding carboxylic acids is 1. The standard InChI is InChI=1S/C13H18N2O4S/c1-8(13(17)18)7-15(2)12(16)10-6-14-11(20-10)9-4-3-5-19-9/h6,8-9H,3-5,7H2,1-2H3,(H,17,18). The van der Waals surface area contributed by atoms with E-state index in [2.05, 4.69) is 4.98 Å². The largest absolute Gasteiger partial charge is 0.481 e. The highest BCUT2D eigenvalue weighted by atomic mass is 32.1. The molecule has 2 heterocycles. The number of hydrogen-bond donors (Lipinski definition) is 1.